The molecule has 1 aromatic heterocycles. The molecule has 0 aliphatic rings. The molecule has 0 bridgehead atoms. The van der Waals surface area contributed by atoms with Crippen molar-refractivity contribution in [2.24, 2.45) is 0 Å². The van der Waals surface area contributed by atoms with Crippen LogP contribution < -0.4 is 0 Å². The molecule has 0 saturated heterocycles. The van der Waals surface area contributed by atoms with Crippen molar-refractivity contribution in [3.05, 3.63) is 52.9 Å². The first-order valence-electron chi connectivity index (χ1n) is 4.84. The summed E-state index contributed by atoms with van der Waals surface area (Å²) in [5.41, 5.74) is 0.778. The smallest absolute Gasteiger partial charge is 0.113 e. The lowest BCUT2D eigenvalue weighted by Crippen LogP contribution is -1.89. The zero-order valence-electron chi connectivity index (χ0n) is 8.52. The Hall–Kier alpha value is -0.900. The van der Waals surface area contributed by atoms with Gasteiger partial charge in [-0.25, -0.2) is 0 Å². The first-order valence-corrected chi connectivity index (χ1v) is 6.21. The van der Waals surface area contributed by atoms with Crippen LogP contribution in [-0.2, 0) is 12.4 Å². The van der Waals surface area contributed by atoms with E-state index in [0.29, 0.717) is 5.02 Å². The topological polar surface area (TPSA) is 33.4 Å². The quantitative estimate of drug-likeness (QED) is 0.845. The number of hydrogen-bond acceptors (Lipinski definition) is 3. The van der Waals surface area contributed by atoms with Crippen molar-refractivity contribution in [2.75, 3.05) is 0 Å². The van der Waals surface area contributed by atoms with Crippen LogP contribution in [0, 0.1) is 0 Å². The number of rotatable bonds is 4. The molecule has 16 heavy (non-hydrogen) atoms. The van der Waals surface area contributed by atoms with Crippen molar-refractivity contribution in [3.63, 3.8) is 0 Å². The van der Waals surface area contributed by atoms with Gasteiger partial charge >= 0.3 is 0 Å². The standard InChI is InChI=1S/C12H11ClO2S/c13-11-4-1-5-12(10(11)7-14)16-8-9-3-2-6-15-9/h1-6,14H,7-8H2. The maximum atomic E-state index is 9.24. The molecule has 0 saturated carbocycles. The molecule has 0 unspecified atom stereocenters. The molecule has 2 aromatic rings. The molecule has 2 nitrogen and oxygen atoms in total. The molecule has 2 rings (SSSR count). The number of thioether (sulfide) groups is 1. The van der Waals surface area contributed by atoms with Crippen molar-refractivity contribution >= 4 is 23.4 Å². The molecule has 1 N–H and O–H groups in total. The summed E-state index contributed by atoms with van der Waals surface area (Å²) >= 11 is 7.60. The molecule has 1 aromatic carbocycles. The predicted octanol–water partition coefficient (Wildman–Crippen LogP) is 3.72. The fraction of sp³-hybridized carbons (Fsp3) is 0.167. The van der Waals surface area contributed by atoms with Gasteiger partial charge in [0, 0.05) is 15.5 Å². The van der Waals surface area contributed by atoms with Crippen LogP contribution in [0.4, 0.5) is 0 Å². The monoisotopic (exact) mass is 254 g/mol. The second-order valence-electron chi connectivity index (χ2n) is 3.24. The highest BCUT2D eigenvalue weighted by Gasteiger charge is 2.07. The Kier molecular flexibility index (Phi) is 3.93. The first kappa shape index (κ1) is 11.6. The molecule has 0 atom stereocenters. The largest absolute Gasteiger partial charge is 0.468 e. The van der Waals surface area contributed by atoms with E-state index in [1.165, 1.54) is 0 Å². The number of furan rings is 1. The summed E-state index contributed by atoms with van der Waals surface area (Å²) in [5, 5.41) is 9.84. The Labute approximate surface area is 103 Å². The molecule has 4 heteroatoms. The Morgan fingerprint density at radius 3 is 2.81 bits per heavy atom. The van der Waals surface area contributed by atoms with Gasteiger partial charge in [-0.05, 0) is 24.3 Å². The fourth-order valence-corrected chi connectivity index (χ4v) is 2.65. The lowest BCUT2D eigenvalue weighted by atomic mass is 10.2. The molecular weight excluding hydrogens is 244 g/mol. The number of benzene rings is 1. The third-order valence-electron chi connectivity index (χ3n) is 2.18. The zero-order valence-corrected chi connectivity index (χ0v) is 10.1. The highest BCUT2D eigenvalue weighted by Crippen LogP contribution is 2.30. The molecular formula is C12H11ClO2S. The van der Waals surface area contributed by atoms with Gasteiger partial charge in [0.05, 0.1) is 18.6 Å². The van der Waals surface area contributed by atoms with Gasteiger partial charge < -0.3 is 9.52 Å². The van der Waals surface area contributed by atoms with E-state index in [2.05, 4.69) is 0 Å². The van der Waals surface area contributed by atoms with Crippen molar-refractivity contribution in [2.45, 2.75) is 17.3 Å². The summed E-state index contributed by atoms with van der Waals surface area (Å²) in [6.07, 6.45) is 1.65. The second-order valence-corrected chi connectivity index (χ2v) is 4.67. The lowest BCUT2D eigenvalue weighted by molar-refractivity contribution is 0.279. The van der Waals surface area contributed by atoms with Crippen molar-refractivity contribution in [3.8, 4) is 0 Å². The van der Waals surface area contributed by atoms with Gasteiger partial charge in [0.2, 0.25) is 0 Å². The maximum absolute atomic E-state index is 9.24. The van der Waals surface area contributed by atoms with Gasteiger partial charge in [0.25, 0.3) is 0 Å². The summed E-state index contributed by atoms with van der Waals surface area (Å²) in [6.45, 7) is -0.0415. The average Bonchev–Trinajstić information content (AvgIpc) is 2.79. The Morgan fingerprint density at radius 1 is 1.25 bits per heavy atom. The van der Waals surface area contributed by atoms with Crippen LogP contribution in [0.5, 0.6) is 0 Å². The summed E-state index contributed by atoms with van der Waals surface area (Å²) in [4.78, 5) is 0.992. The number of aliphatic hydroxyl groups excluding tert-OH is 1. The molecule has 0 fully saturated rings. The Balaban J connectivity index is 2.12. The third-order valence-corrected chi connectivity index (χ3v) is 3.66. The van der Waals surface area contributed by atoms with E-state index in [9.17, 15) is 5.11 Å². The lowest BCUT2D eigenvalue weighted by Gasteiger charge is -2.07. The predicted molar refractivity (Wildman–Crippen MR) is 65.6 cm³/mol. The fourth-order valence-electron chi connectivity index (χ4n) is 1.37. The van der Waals surface area contributed by atoms with E-state index >= 15 is 0 Å². The minimum Gasteiger partial charge on any atom is -0.468 e. The number of halogens is 1. The van der Waals surface area contributed by atoms with Crippen LogP contribution in [-0.4, -0.2) is 5.11 Å². The van der Waals surface area contributed by atoms with Crippen molar-refractivity contribution in [1.82, 2.24) is 0 Å². The van der Waals surface area contributed by atoms with E-state index in [4.69, 9.17) is 16.0 Å². The van der Waals surface area contributed by atoms with E-state index in [-0.39, 0.29) is 6.61 Å². The van der Waals surface area contributed by atoms with Crippen LogP contribution in [0.2, 0.25) is 5.02 Å². The van der Waals surface area contributed by atoms with E-state index in [1.54, 1.807) is 24.1 Å². The second kappa shape index (κ2) is 5.43. The van der Waals surface area contributed by atoms with Crippen LogP contribution >= 0.6 is 23.4 Å². The van der Waals surface area contributed by atoms with Gasteiger partial charge in [0.15, 0.2) is 0 Å². The average molecular weight is 255 g/mol. The van der Waals surface area contributed by atoms with E-state index < -0.39 is 0 Å². The minimum atomic E-state index is -0.0415. The van der Waals surface area contributed by atoms with Gasteiger partial charge in [-0.1, -0.05) is 17.7 Å². The van der Waals surface area contributed by atoms with Gasteiger partial charge in [0.1, 0.15) is 5.76 Å². The van der Waals surface area contributed by atoms with Gasteiger partial charge in [-0.15, -0.1) is 11.8 Å². The molecule has 0 spiro atoms. The van der Waals surface area contributed by atoms with Crippen LogP contribution in [0.1, 0.15) is 11.3 Å². The molecule has 0 aliphatic carbocycles. The number of hydrogen-bond donors (Lipinski definition) is 1. The molecule has 0 aliphatic heterocycles. The molecule has 84 valence electrons. The minimum absolute atomic E-state index is 0.0415. The van der Waals surface area contributed by atoms with Crippen LogP contribution in [0.25, 0.3) is 0 Å². The highest BCUT2D eigenvalue weighted by molar-refractivity contribution is 7.98. The van der Waals surface area contributed by atoms with Gasteiger partial charge in [-0.3, -0.25) is 0 Å². The van der Waals surface area contributed by atoms with Crippen molar-refractivity contribution < 1.29 is 9.52 Å². The molecule has 1 heterocycles. The highest BCUT2D eigenvalue weighted by atomic mass is 35.5. The Bertz CT molecular complexity index is 454. The van der Waals surface area contributed by atoms with E-state index in [1.807, 2.05) is 24.3 Å². The van der Waals surface area contributed by atoms with E-state index in [0.717, 1.165) is 22.0 Å². The van der Waals surface area contributed by atoms with Crippen LogP contribution in [0.3, 0.4) is 0 Å². The SMILES string of the molecule is OCc1c(Cl)cccc1SCc1ccco1. The molecule has 0 amide bonds. The zero-order chi connectivity index (χ0) is 11.4. The molecule has 0 radical (unpaired) electrons. The summed E-state index contributed by atoms with van der Waals surface area (Å²) < 4.78 is 5.24. The summed E-state index contributed by atoms with van der Waals surface area (Å²) in [5.74, 6) is 1.65. The summed E-state index contributed by atoms with van der Waals surface area (Å²) in [6, 6.07) is 9.40. The van der Waals surface area contributed by atoms with Gasteiger partial charge in [-0.2, -0.15) is 0 Å². The normalized spacial score (nSPS) is 10.6. The van der Waals surface area contributed by atoms with Crippen molar-refractivity contribution in [1.29, 1.82) is 0 Å². The number of aliphatic hydroxyl groups is 1. The summed E-state index contributed by atoms with van der Waals surface area (Å²) in [7, 11) is 0. The third kappa shape index (κ3) is 2.61. The maximum Gasteiger partial charge on any atom is 0.113 e. The first-order chi connectivity index (χ1) is 7.81. The Morgan fingerprint density at radius 2 is 2.12 bits per heavy atom. The van der Waals surface area contributed by atoms with Crippen LogP contribution in [0.15, 0.2) is 45.9 Å².